The normalized spacial score (nSPS) is 24.3. The van der Waals surface area contributed by atoms with Crippen LogP contribution < -0.4 is 10.6 Å². The Morgan fingerprint density at radius 3 is 3.06 bits per heavy atom. The molecule has 4 nitrogen and oxygen atoms in total. The molecule has 0 spiro atoms. The Bertz CT molecular complexity index is 406. The second-order valence-electron chi connectivity index (χ2n) is 4.60. The van der Waals surface area contributed by atoms with E-state index < -0.39 is 0 Å². The van der Waals surface area contributed by atoms with Crippen LogP contribution in [0.4, 0.5) is 0 Å². The number of carbonyl (C=O) groups is 1. The molecule has 2 unspecified atom stereocenters. The fraction of sp³-hybridized carbons (Fsp3) is 0.462. The number of phenols is 1. The number of benzene rings is 1. The molecule has 0 aliphatic carbocycles. The molecule has 1 fully saturated rings. The van der Waals surface area contributed by atoms with Gasteiger partial charge in [0.1, 0.15) is 5.75 Å². The molecule has 1 heterocycles. The fourth-order valence-corrected chi connectivity index (χ4v) is 2.13. The lowest BCUT2D eigenvalue weighted by atomic mass is 9.95. The van der Waals surface area contributed by atoms with Crippen molar-refractivity contribution in [1.82, 2.24) is 10.6 Å². The summed E-state index contributed by atoms with van der Waals surface area (Å²) in [6.07, 6.45) is 0.950. The molecular weight excluding hydrogens is 216 g/mol. The highest BCUT2D eigenvalue weighted by molar-refractivity contribution is 5.94. The maximum absolute atomic E-state index is 12.0. The summed E-state index contributed by atoms with van der Waals surface area (Å²) in [5.74, 6) is 0.445. The maximum atomic E-state index is 12.0. The molecule has 2 atom stereocenters. The highest BCUT2D eigenvalue weighted by atomic mass is 16.3. The van der Waals surface area contributed by atoms with E-state index >= 15 is 0 Å². The average Bonchev–Trinajstić information content (AvgIpc) is 2.32. The zero-order valence-corrected chi connectivity index (χ0v) is 9.94. The van der Waals surface area contributed by atoms with Gasteiger partial charge in [-0.3, -0.25) is 4.79 Å². The van der Waals surface area contributed by atoms with Crippen molar-refractivity contribution in [2.24, 2.45) is 5.92 Å². The Kier molecular flexibility index (Phi) is 3.64. The van der Waals surface area contributed by atoms with Gasteiger partial charge in [0, 0.05) is 11.6 Å². The SMILES string of the molecule is CC1CNCCC1NC(=O)c1cccc(O)c1. The lowest BCUT2D eigenvalue weighted by Crippen LogP contribution is -2.48. The van der Waals surface area contributed by atoms with Crippen LogP contribution in [-0.2, 0) is 0 Å². The highest BCUT2D eigenvalue weighted by Crippen LogP contribution is 2.14. The van der Waals surface area contributed by atoms with E-state index in [1.54, 1.807) is 18.2 Å². The van der Waals surface area contributed by atoms with Crippen molar-refractivity contribution in [2.75, 3.05) is 13.1 Å². The van der Waals surface area contributed by atoms with E-state index in [2.05, 4.69) is 17.6 Å². The van der Waals surface area contributed by atoms with Crippen molar-refractivity contribution in [3.63, 3.8) is 0 Å². The monoisotopic (exact) mass is 234 g/mol. The van der Waals surface area contributed by atoms with Gasteiger partial charge in [0.25, 0.3) is 5.91 Å². The minimum absolute atomic E-state index is 0.111. The van der Waals surface area contributed by atoms with Crippen LogP contribution in [0.15, 0.2) is 24.3 Å². The number of phenolic OH excluding ortho intramolecular Hbond substituents is 1. The minimum atomic E-state index is -0.111. The summed E-state index contributed by atoms with van der Waals surface area (Å²) in [5.41, 5.74) is 0.510. The van der Waals surface area contributed by atoms with Crippen molar-refractivity contribution in [3.8, 4) is 5.75 Å². The first kappa shape index (κ1) is 11.9. The molecule has 2 rings (SSSR count). The first-order valence-electron chi connectivity index (χ1n) is 5.97. The van der Waals surface area contributed by atoms with Crippen LogP contribution in [0.25, 0.3) is 0 Å². The summed E-state index contributed by atoms with van der Waals surface area (Å²) in [7, 11) is 0. The number of hydrogen-bond acceptors (Lipinski definition) is 3. The maximum Gasteiger partial charge on any atom is 0.251 e. The van der Waals surface area contributed by atoms with E-state index in [9.17, 15) is 9.90 Å². The number of nitrogens with one attached hydrogen (secondary N) is 2. The standard InChI is InChI=1S/C13H18N2O2/c1-9-8-14-6-5-12(9)15-13(17)10-3-2-4-11(16)7-10/h2-4,7,9,12,14,16H,5-6,8H2,1H3,(H,15,17). The Morgan fingerprint density at radius 1 is 1.53 bits per heavy atom. The Morgan fingerprint density at radius 2 is 2.35 bits per heavy atom. The van der Waals surface area contributed by atoms with E-state index in [0.29, 0.717) is 11.5 Å². The molecule has 17 heavy (non-hydrogen) atoms. The summed E-state index contributed by atoms with van der Waals surface area (Å²) in [4.78, 5) is 12.0. The predicted octanol–water partition coefficient (Wildman–Crippen LogP) is 1.12. The summed E-state index contributed by atoms with van der Waals surface area (Å²) < 4.78 is 0. The first-order valence-corrected chi connectivity index (χ1v) is 5.97. The lowest BCUT2D eigenvalue weighted by Gasteiger charge is -2.30. The average molecular weight is 234 g/mol. The van der Waals surface area contributed by atoms with Gasteiger partial charge in [-0.05, 0) is 43.6 Å². The van der Waals surface area contributed by atoms with Gasteiger partial charge in [-0.25, -0.2) is 0 Å². The molecule has 1 aromatic carbocycles. The Balaban J connectivity index is 2.01. The van der Waals surface area contributed by atoms with Crippen molar-refractivity contribution in [1.29, 1.82) is 0 Å². The summed E-state index contributed by atoms with van der Waals surface area (Å²) >= 11 is 0. The van der Waals surface area contributed by atoms with Crippen molar-refractivity contribution in [3.05, 3.63) is 29.8 Å². The van der Waals surface area contributed by atoms with Gasteiger partial charge >= 0.3 is 0 Å². The van der Waals surface area contributed by atoms with Gasteiger partial charge in [-0.1, -0.05) is 13.0 Å². The molecule has 4 heteroatoms. The molecule has 0 radical (unpaired) electrons. The lowest BCUT2D eigenvalue weighted by molar-refractivity contribution is 0.0914. The van der Waals surface area contributed by atoms with Crippen LogP contribution in [0, 0.1) is 5.92 Å². The van der Waals surface area contributed by atoms with Gasteiger partial charge in [0.05, 0.1) is 0 Å². The molecule has 0 saturated carbocycles. The highest BCUT2D eigenvalue weighted by Gasteiger charge is 2.22. The fourth-order valence-electron chi connectivity index (χ4n) is 2.13. The summed E-state index contributed by atoms with van der Waals surface area (Å²) in [6.45, 7) is 4.00. The van der Waals surface area contributed by atoms with Gasteiger partial charge < -0.3 is 15.7 Å². The molecule has 1 saturated heterocycles. The third-order valence-electron chi connectivity index (χ3n) is 3.21. The molecule has 1 aliphatic rings. The Labute approximate surface area is 101 Å². The second-order valence-corrected chi connectivity index (χ2v) is 4.60. The van der Waals surface area contributed by atoms with Gasteiger partial charge in [0.15, 0.2) is 0 Å². The molecule has 1 aliphatic heterocycles. The largest absolute Gasteiger partial charge is 0.508 e. The number of piperidine rings is 1. The summed E-state index contributed by atoms with van der Waals surface area (Å²) in [6, 6.07) is 6.65. The third kappa shape index (κ3) is 2.97. The second kappa shape index (κ2) is 5.19. The zero-order chi connectivity index (χ0) is 12.3. The van der Waals surface area contributed by atoms with E-state index in [-0.39, 0.29) is 17.7 Å². The molecule has 1 aromatic rings. The number of hydrogen-bond donors (Lipinski definition) is 3. The van der Waals surface area contributed by atoms with Crippen LogP contribution >= 0.6 is 0 Å². The number of amides is 1. The number of aromatic hydroxyl groups is 1. The van der Waals surface area contributed by atoms with Crippen LogP contribution in [0.5, 0.6) is 5.75 Å². The zero-order valence-electron chi connectivity index (χ0n) is 9.94. The quantitative estimate of drug-likeness (QED) is 0.718. The molecular formula is C13H18N2O2. The number of carbonyl (C=O) groups excluding carboxylic acids is 1. The summed E-state index contributed by atoms with van der Waals surface area (Å²) in [5, 5.41) is 15.6. The van der Waals surface area contributed by atoms with E-state index in [4.69, 9.17) is 0 Å². The van der Waals surface area contributed by atoms with Gasteiger partial charge in [-0.15, -0.1) is 0 Å². The number of rotatable bonds is 2. The van der Waals surface area contributed by atoms with E-state index in [1.807, 2.05) is 0 Å². The smallest absolute Gasteiger partial charge is 0.251 e. The topological polar surface area (TPSA) is 61.4 Å². The molecule has 3 N–H and O–H groups in total. The van der Waals surface area contributed by atoms with Crippen LogP contribution in [0.2, 0.25) is 0 Å². The van der Waals surface area contributed by atoms with Crippen molar-refractivity contribution in [2.45, 2.75) is 19.4 Å². The van der Waals surface area contributed by atoms with Crippen LogP contribution in [0.3, 0.4) is 0 Å². The van der Waals surface area contributed by atoms with Gasteiger partial charge in [-0.2, -0.15) is 0 Å². The Hall–Kier alpha value is -1.55. The third-order valence-corrected chi connectivity index (χ3v) is 3.21. The van der Waals surface area contributed by atoms with Crippen molar-refractivity contribution < 1.29 is 9.90 Å². The first-order chi connectivity index (χ1) is 8.16. The molecule has 92 valence electrons. The minimum Gasteiger partial charge on any atom is -0.508 e. The van der Waals surface area contributed by atoms with Crippen LogP contribution in [0.1, 0.15) is 23.7 Å². The van der Waals surface area contributed by atoms with E-state index in [0.717, 1.165) is 19.5 Å². The van der Waals surface area contributed by atoms with Crippen molar-refractivity contribution >= 4 is 5.91 Å². The van der Waals surface area contributed by atoms with Gasteiger partial charge in [0.2, 0.25) is 0 Å². The molecule has 0 bridgehead atoms. The molecule has 1 amide bonds. The molecule has 0 aromatic heterocycles. The van der Waals surface area contributed by atoms with Crippen LogP contribution in [-0.4, -0.2) is 30.1 Å². The van der Waals surface area contributed by atoms with E-state index in [1.165, 1.54) is 6.07 Å². The predicted molar refractivity (Wildman–Crippen MR) is 66.0 cm³/mol.